The molecule has 19 heavy (non-hydrogen) atoms. The molecule has 1 fully saturated rings. The Morgan fingerprint density at radius 1 is 1.53 bits per heavy atom. The maximum absolute atomic E-state index is 13.1. The van der Waals surface area contributed by atoms with Crippen molar-refractivity contribution in [1.29, 1.82) is 0 Å². The van der Waals surface area contributed by atoms with Crippen LogP contribution in [0.2, 0.25) is 5.02 Å². The second-order valence-corrected chi connectivity index (χ2v) is 5.41. The standard InChI is InChI=1S/C12H15ClF2N2O2/c1-7-9(13)10(11(18)19)17(16-7)6-8-2-4-12(14,15)5-3-8/h8H,2-6H2,1H3,(H,18,19). The summed E-state index contributed by atoms with van der Waals surface area (Å²) in [5.41, 5.74) is 0.386. The molecule has 1 heterocycles. The van der Waals surface area contributed by atoms with E-state index in [1.54, 1.807) is 6.92 Å². The lowest BCUT2D eigenvalue weighted by atomic mass is 9.87. The predicted molar refractivity (Wildman–Crippen MR) is 65.8 cm³/mol. The first-order valence-electron chi connectivity index (χ1n) is 6.14. The molecule has 0 atom stereocenters. The molecule has 1 aromatic heterocycles. The highest BCUT2D eigenvalue weighted by Gasteiger charge is 2.35. The molecular formula is C12H15ClF2N2O2. The third kappa shape index (κ3) is 3.05. The number of aromatic nitrogens is 2. The molecule has 0 spiro atoms. The van der Waals surface area contributed by atoms with Crippen LogP contribution in [0.4, 0.5) is 8.78 Å². The summed E-state index contributed by atoms with van der Waals surface area (Å²) >= 11 is 5.89. The molecular weight excluding hydrogens is 278 g/mol. The van der Waals surface area contributed by atoms with Crippen molar-refractivity contribution in [2.75, 3.05) is 0 Å². The number of halogens is 3. The minimum absolute atomic E-state index is 0.0214. The minimum Gasteiger partial charge on any atom is -0.476 e. The van der Waals surface area contributed by atoms with Gasteiger partial charge in [0.15, 0.2) is 5.69 Å². The summed E-state index contributed by atoms with van der Waals surface area (Å²) in [4.78, 5) is 11.1. The van der Waals surface area contributed by atoms with E-state index in [9.17, 15) is 13.6 Å². The lowest BCUT2D eigenvalue weighted by Crippen LogP contribution is -2.27. The van der Waals surface area contributed by atoms with Crippen molar-refractivity contribution in [2.45, 2.75) is 45.1 Å². The fourth-order valence-corrected chi connectivity index (χ4v) is 2.64. The topological polar surface area (TPSA) is 55.1 Å². The number of nitrogens with zero attached hydrogens (tertiary/aromatic N) is 2. The summed E-state index contributed by atoms with van der Waals surface area (Å²) in [5, 5.41) is 13.3. The third-order valence-electron chi connectivity index (χ3n) is 3.52. The van der Waals surface area contributed by atoms with Crippen LogP contribution in [-0.2, 0) is 6.54 Å². The largest absolute Gasteiger partial charge is 0.476 e. The summed E-state index contributed by atoms with van der Waals surface area (Å²) in [6.07, 6.45) is 0.466. The van der Waals surface area contributed by atoms with Crippen LogP contribution in [0.25, 0.3) is 0 Å². The van der Waals surface area contributed by atoms with Crippen molar-refractivity contribution < 1.29 is 18.7 Å². The second kappa shape index (κ2) is 5.07. The maximum atomic E-state index is 13.1. The molecule has 4 nitrogen and oxygen atoms in total. The molecule has 1 aliphatic rings. The van der Waals surface area contributed by atoms with Crippen molar-refractivity contribution in [3.05, 3.63) is 16.4 Å². The smallest absolute Gasteiger partial charge is 0.355 e. The Morgan fingerprint density at radius 2 is 2.11 bits per heavy atom. The first-order chi connectivity index (χ1) is 8.80. The van der Waals surface area contributed by atoms with Crippen molar-refractivity contribution in [2.24, 2.45) is 5.92 Å². The molecule has 0 amide bonds. The molecule has 0 aliphatic heterocycles. The van der Waals surface area contributed by atoms with Crippen LogP contribution in [0.5, 0.6) is 0 Å². The third-order valence-corrected chi connectivity index (χ3v) is 3.98. The van der Waals surface area contributed by atoms with Gasteiger partial charge < -0.3 is 5.11 Å². The van der Waals surface area contributed by atoms with Gasteiger partial charge in [0.25, 0.3) is 0 Å². The molecule has 1 aliphatic carbocycles. The molecule has 0 unspecified atom stereocenters. The van der Waals surface area contributed by atoms with Crippen LogP contribution in [0.15, 0.2) is 0 Å². The summed E-state index contributed by atoms with van der Waals surface area (Å²) in [6.45, 7) is 1.95. The number of aromatic carboxylic acids is 1. The Labute approximate surface area is 114 Å². The molecule has 0 radical (unpaired) electrons. The number of hydrogen-bond acceptors (Lipinski definition) is 2. The molecule has 0 bridgehead atoms. The quantitative estimate of drug-likeness (QED) is 0.929. The second-order valence-electron chi connectivity index (χ2n) is 5.03. The average Bonchev–Trinajstić information content (AvgIpc) is 2.58. The van der Waals surface area contributed by atoms with Gasteiger partial charge in [-0.1, -0.05) is 11.6 Å². The summed E-state index contributed by atoms with van der Waals surface area (Å²) in [6, 6.07) is 0. The van der Waals surface area contributed by atoms with Gasteiger partial charge in [-0.25, -0.2) is 13.6 Å². The van der Waals surface area contributed by atoms with Gasteiger partial charge in [-0.3, -0.25) is 4.68 Å². The fraction of sp³-hybridized carbons (Fsp3) is 0.667. The molecule has 1 N–H and O–H groups in total. The predicted octanol–water partition coefficient (Wildman–Crippen LogP) is 3.37. The summed E-state index contributed by atoms with van der Waals surface area (Å²) < 4.78 is 27.4. The van der Waals surface area contributed by atoms with E-state index < -0.39 is 11.9 Å². The van der Waals surface area contributed by atoms with Crippen molar-refractivity contribution in [3.8, 4) is 0 Å². The first kappa shape index (κ1) is 14.2. The zero-order valence-electron chi connectivity index (χ0n) is 10.5. The normalized spacial score (nSPS) is 19.6. The van der Waals surface area contributed by atoms with E-state index in [4.69, 9.17) is 16.7 Å². The SMILES string of the molecule is Cc1nn(CC2CCC(F)(F)CC2)c(C(=O)O)c1Cl. The van der Waals surface area contributed by atoms with Gasteiger partial charge in [0.05, 0.1) is 10.7 Å². The highest BCUT2D eigenvalue weighted by Crippen LogP contribution is 2.37. The van der Waals surface area contributed by atoms with Crippen LogP contribution in [0.3, 0.4) is 0 Å². The Morgan fingerprint density at radius 3 is 2.63 bits per heavy atom. The highest BCUT2D eigenvalue weighted by atomic mass is 35.5. The number of rotatable bonds is 3. The molecule has 1 saturated carbocycles. The first-order valence-corrected chi connectivity index (χ1v) is 6.52. The van der Waals surface area contributed by atoms with E-state index >= 15 is 0 Å². The lowest BCUT2D eigenvalue weighted by molar-refractivity contribution is -0.0477. The van der Waals surface area contributed by atoms with Gasteiger partial charge in [0, 0.05) is 19.4 Å². The van der Waals surface area contributed by atoms with Crippen molar-refractivity contribution in [3.63, 3.8) is 0 Å². The van der Waals surface area contributed by atoms with Crippen molar-refractivity contribution >= 4 is 17.6 Å². The van der Waals surface area contributed by atoms with Crippen molar-refractivity contribution in [1.82, 2.24) is 9.78 Å². The van der Waals surface area contributed by atoms with E-state index in [1.807, 2.05) is 0 Å². The van der Waals surface area contributed by atoms with Gasteiger partial charge in [0.1, 0.15) is 0 Å². The zero-order chi connectivity index (χ0) is 14.2. The maximum Gasteiger partial charge on any atom is 0.355 e. The highest BCUT2D eigenvalue weighted by molar-refractivity contribution is 6.33. The molecule has 2 rings (SSSR count). The number of carboxylic acid groups (broad SMARTS) is 1. The number of alkyl halides is 2. The van der Waals surface area contributed by atoms with Gasteiger partial charge in [-0.2, -0.15) is 5.10 Å². The Kier molecular flexibility index (Phi) is 3.80. The van der Waals surface area contributed by atoms with Crippen LogP contribution >= 0.6 is 11.6 Å². The molecule has 106 valence electrons. The lowest BCUT2D eigenvalue weighted by Gasteiger charge is -2.28. The number of aryl methyl sites for hydroxylation is 1. The molecule has 1 aromatic rings. The van der Waals surface area contributed by atoms with Crippen LogP contribution in [-0.4, -0.2) is 26.8 Å². The average molecular weight is 293 g/mol. The molecule has 0 aromatic carbocycles. The Hall–Kier alpha value is -1.17. The van der Waals surface area contributed by atoms with Crippen LogP contribution < -0.4 is 0 Å². The Balaban J connectivity index is 2.12. The van der Waals surface area contributed by atoms with E-state index in [2.05, 4.69) is 5.10 Å². The van der Waals surface area contributed by atoms with Gasteiger partial charge in [-0.05, 0) is 25.7 Å². The van der Waals surface area contributed by atoms with Gasteiger partial charge in [-0.15, -0.1) is 0 Å². The van der Waals surface area contributed by atoms with Crippen LogP contribution in [0, 0.1) is 12.8 Å². The number of hydrogen-bond donors (Lipinski definition) is 1. The molecule has 7 heteroatoms. The van der Waals surface area contributed by atoms with Gasteiger partial charge in [0.2, 0.25) is 5.92 Å². The summed E-state index contributed by atoms with van der Waals surface area (Å²) in [7, 11) is 0. The number of carboxylic acids is 1. The Bertz CT molecular complexity index is 492. The van der Waals surface area contributed by atoms with E-state index in [1.165, 1.54) is 4.68 Å². The fourth-order valence-electron chi connectivity index (χ4n) is 2.42. The zero-order valence-corrected chi connectivity index (χ0v) is 11.3. The van der Waals surface area contributed by atoms with Gasteiger partial charge >= 0.3 is 5.97 Å². The van der Waals surface area contributed by atoms with E-state index in [0.29, 0.717) is 25.1 Å². The number of carbonyl (C=O) groups is 1. The molecule has 0 saturated heterocycles. The summed E-state index contributed by atoms with van der Waals surface area (Å²) in [5.74, 6) is -3.70. The monoisotopic (exact) mass is 292 g/mol. The van der Waals surface area contributed by atoms with E-state index in [0.717, 1.165) is 0 Å². The van der Waals surface area contributed by atoms with E-state index in [-0.39, 0.29) is 29.5 Å². The minimum atomic E-state index is -2.58. The van der Waals surface area contributed by atoms with Crippen LogP contribution in [0.1, 0.15) is 41.9 Å².